The van der Waals surface area contributed by atoms with Crippen LogP contribution in [0.15, 0.2) is 47.4 Å². The molecule has 2 aromatic rings. The van der Waals surface area contributed by atoms with Crippen molar-refractivity contribution in [2.45, 2.75) is 18.7 Å². The molecule has 1 fully saturated rings. The molecule has 0 atom stereocenters. The number of amides is 1. The van der Waals surface area contributed by atoms with E-state index in [9.17, 15) is 13.2 Å². The Kier molecular flexibility index (Phi) is 6.44. The first-order valence-electron chi connectivity index (χ1n) is 9.54. The molecule has 1 amide bonds. The van der Waals surface area contributed by atoms with Crippen LogP contribution < -0.4 is 9.46 Å². The van der Waals surface area contributed by atoms with Crippen LogP contribution in [0.1, 0.15) is 11.1 Å². The van der Waals surface area contributed by atoms with Crippen LogP contribution in [0.3, 0.4) is 0 Å². The maximum absolute atomic E-state index is 12.7. The molecular formula is C21H27N3O4S. The lowest BCUT2D eigenvalue weighted by molar-refractivity contribution is -0.134. The molecule has 8 heteroatoms. The molecule has 1 heterocycles. The van der Waals surface area contributed by atoms with Gasteiger partial charge in [0.05, 0.1) is 10.6 Å². The third-order valence-electron chi connectivity index (χ3n) is 4.99. The maximum atomic E-state index is 12.7. The number of piperazine rings is 1. The minimum absolute atomic E-state index is 0.0590. The van der Waals surface area contributed by atoms with Gasteiger partial charge in [0.2, 0.25) is 0 Å². The number of likely N-dealkylation sites (N-methyl/N-ethyl adjacent to an activating group) is 1. The van der Waals surface area contributed by atoms with Crippen molar-refractivity contribution < 1.29 is 17.9 Å². The molecule has 3 rings (SSSR count). The van der Waals surface area contributed by atoms with Crippen LogP contribution >= 0.6 is 0 Å². The van der Waals surface area contributed by atoms with E-state index >= 15 is 0 Å². The van der Waals surface area contributed by atoms with Gasteiger partial charge in [0.25, 0.3) is 15.9 Å². The van der Waals surface area contributed by atoms with Crippen molar-refractivity contribution in [3.63, 3.8) is 0 Å². The quantitative estimate of drug-likeness (QED) is 0.780. The number of benzene rings is 2. The summed E-state index contributed by atoms with van der Waals surface area (Å²) in [5, 5.41) is 0. The number of hydrogen-bond donors (Lipinski definition) is 1. The standard InChI is InChI=1S/C21H27N3O4S/c1-16-4-5-17(2)20(14-16)22-29(26,27)19-8-6-18(7-9-19)28-15-21(25)24-12-10-23(3)11-13-24/h4-9,14,22H,10-13,15H2,1-3H3. The summed E-state index contributed by atoms with van der Waals surface area (Å²) in [4.78, 5) is 16.3. The van der Waals surface area contributed by atoms with Crippen molar-refractivity contribution in [2.75, 3.05) is 44.6 Å². The number of nitrogens with one attached hydrogen (secondary N) is 1. The summed E-state index contributed by atoms with van der Waals surface area (Å²) in [5.41, 5.74) is 2.38. The summed E-state index contributed by atoms with van der Waals surface area (Å²) < 4.78 is 33.5. The van der Waals surface area contributed by atoms with Gasteiger partial charge in [0.15, 0.2) is 6.61 Å². The van der Waals surface area contributed by atoms with Gasteiger partial charge in [-0.2, -0.15) is 0 Å². The predicted molar refractivity (Wildman–Crippen MR) is 113 cm³/mol. The fraction of sp³-hybridized carbons (Fsp3) is 0.381. The van der Waals surface area contributed by atoms with Gasteiger partial charge in [-0.3, -0.25) is 9.52 Å². The Bertz CT molecular complexity index is 966. The third-order valence-corrected chi connectivity index (χ3v) is 6.37. The number of aryl methyl sites for hydroxylation is 2. The van der Waals surface area contributed by atoms with E-state index in [-0.39, 0.29) is 17.4 Å². The summed E-state index contributed by atoms with van der Waals surface area (Å²) in [6.07, 6.45) is 0. The monoisotopic (exact) mass is 417 g/mol. The number of anilines is 1. The van der Waals surface area contributed by atoms with E-state index in [0.717, 1.165) is 24.2 Å². The Labute approximate surface area is 172 Å². The van der Waals surface area contributed by atoms with Crippen LogP contribution in [0.4, 0.5) is 5.69 Å². The maximum Gasteiger partial charge on any atom is 0.261 e. The van der Waals surface area contributed by atoms with E-state index < -0.39 is 10.0 Å². The fourth-order valence-corrected chi connectivity index (χ4v) is 4.18. The molecule has 1 aliphatic rings. The zero-order valence-electron chi connectivity index (χ0n) is 17.0. The highest BCUT2D eigenvalue weighted by Crippen LogP contribution is 2.22. The van der Waals surface area contributed by atoms with Crippen LogP contribution in [0.25, 0.3) is 0 Å². The molecule has 1 saturated heterocycles. The average Bonchev–Trinajstić information content (AvgIpc) is 2.69. The van der Waals surface area contributed by atoms with Gasteiger partial charge < -0.3 is 14.5 Å². The Hall–Kier alpha value is -2.58. The molecule has 29 heavy (non-hydrogen) atoms. The summed E-state index contributed by atoms with van der Waals surface area (Å²) in [7, 11) is -1.68. The lowest BCUT2D eigenvalue weighted by Crippen LogP contribution is -2.48. The normalized spacial score (nSPS) is 15.2. The largest absolute Gasteiger partial charge is 0.484 e. The highest BCUT2D eigenvalue weighted by atomic mass is 32.2. The number of rotatable bonds is 6. The summed E-state index contributed by atoms with van der Waals surface area (Å²) >= 11 is 0. The molecule has 1 aliphatic heterocycles. The Balaban J connectivity index is 1.60. The molecule has 156 valence electrons. The van der Waals surface area contributed by atoms with Crippen molar-refractivity contribution >= 4 is 21.6 Å². The molecular weight excluding hydrogens is 390 g/mol. The second-order valence-corrected chi connectivity index (χ2v) is 9.05. The minimum Gasteiger partial charge on any atom is -0.484 e. The van der Waals surface area contributed by atoms with Crippen molar-refractivity contribution in [1.29, 1.82) is 0 Å². The summed E-state index contributed by atoms with van der Waals surface area (Å²) in [6.45, 7) is 6.80. The number of nitrogens with zero attached hydrogens (tertiary/aromatic N) is 2. The van der Waals surface area contributed by atoms with E-state index in [4.69, 9.17) is 4.74 Å². The zero-order chi connectivity index (χ0) is 21.0. The first-order chi connectivity index (χ1) is 13.7. The van der Waals surface area contributed by atoms with Gasteiger partial charge in [0.1, 0.15) is 5.75 Å². The minimum atomic E-state index is -3.71. The van der Waals surface area contributed by atoms with Crippen LogP contribution in [-0.2, 0) is 14.8 Å². The molecule has 0 aromatic heterocycles. The molecule has 0 spiro atoms. The van der Waals surface area contributed by atoms with Gasteiger partial charge in [0, 0.05) is 26.2 Å². The molecule has 0 aliphatic carbocycles. The topological polar surface area (TPSA) is 78.9 Å². The van der Waals surface area contributed by atoms with Crippen molar-refractivity contribution in [2.24, 2.45) is 0 Å². The summed E-state index contributed by atoms with van der Waals surface area (Å²) in [6, 6.07) is 11.7. The molecule has 1 N–H and O–H groups in total. The average molecular weight is 418 g/mol. The Morgan fingerprint density at radius 2 is 1.69 bits per heavy atom. The molecule has 0 bridgehead atoms. The van der Waals surface area contributed by atoms with Crippen LogP contribution in [0.2, 0.25) is 0 Å². The Morgan fingerprint density at radius 1 is 1.03 bits per heavy atom. The molecule has 0 unspecified atom stereocenters. The van der Waals surface area contributed by atoms with Crippen molar-refractivity contribution in [1.82, 2.24) is 9.80 Å². The smallest absolute Gasteiger partial charge is 0.261 e. The van der Waals surface area contributed by atoms with Crippen molar-refractivity contribution in [3.8, 4) is 5.75 Å². The van der Waals surface area contributed by atoms with Gasteiger partial charge in [-0.25, -0.2) is 8.42 Å². The number of hydrogen-bond acceptors (Lipinski definition) is 5. The van der Waals surface area contributed by atoms with Gasteiger partial charge in [-0.05, 0) is 62.4 Å². The van der Waals surface area contributed by atoms with E-state index in [1.54, 1.807) is 23.1 Å². The predicted octanol–water partition coefficient (Wildman–Crippen LogP) is 2.26. The molecule has 0 saturated carbocycles. The number of carbonyl (C=O) groups is 1. The zero-order valence-corrected chi connectivity index (χ0v) is 17.8. The first kappa shape index (κ1) is 21.1. The van der Waals surface area contributed by atoms with Crippen LogP contribution in [0.5, 0.6) is 5.75 Å². The van der Waals surface area contributed by atoms with Gasteiger partial charge in [-0.15, -0.1) is 0 Å². The van der Waals surface area contributed by atoms with Crippen LogP contribution in [-0.4, -0.2) is 64.0 Å². The molecule has 2 aromatic carbocycles. The lowest BCUT2D eigenvalue weighted by Gasteiger charge is -2.32. The second kappa shape index (κ2) is 8.84. The fourth-order valence-electron chi connectivity index (χ4n) is 3.06. The van der Waals surface area contributed by atoms with E-state index in [2.05, 4.69) is 9.62 Å². The molecule has 7 nitrogen and oxygen atoms in total. The highest BCUT2D eigenvalue weighted by Gasteiger charge is 2.20. The van der Waals surface area contributed by atoms with Gasteiger partial charge >= 0.3 is 0 Å². The van der Waals surface area contributed by atoms with Crippen molar-refractivity contribution in [3.05, 3.63) is 53.6 Å². The number of carbonyl (C=O) groups excluding carboxylic acids is 1. The van der Waals surface area contributed by atoms with E-state index in [0.29, 0.717) is 24.5 Å². The Morgan fingerprint density at radius 3 is 2.34 bits per heavy atom. The highest BCUT2D eigenvalue weighted by molar-refractivity contribution is 7.92. The van der Waals surface area contributed by atoms with E-state index in [1.165, 1.54) is 12.1 Å². The number of sulfonamides is 1. The SMILES string of the molecule is Cc1ccc(C)c(NS(=O)(=O)c2ccc(OCC(=O)N3CCN(C)CC3)cc2)c1. The third kappa shape index (κ3) is 5.48. The lowest BCUT2D eigenvalue weighted by atomic mass is 10.1. The number of ether oxygens (including phenoxy) is 1. The first-order valence-corrected chi connectivity index (χ1v) is 11.0. The van der Waals surface area contributed by atoms with Gasteiger partial charge in [-0.1, -0.05) is 12.1 Å². The molecule has 0 radical (unpaired) electrons. The van der Waals surface area contributed by atoms with E-state index in [1.807, 2.05) is 33.0 Å². The van der Waals surface area contributed by atoms with Crippen LogP contribution in [0, 0.1) is 13.8 Å². The second-order valence-electron chi connectivity index (χ2n) is 7.37. The summed E-state index contributed by atoms with van der Waals surface area (Å²) in [5.74, 6) is 0.393.